The third kappa shape index (κ3) is 4.19. The second-order valence-corrected chi connectivity index (χ2v) is 9.03. The molecule has 1 amide bonds. The third-order valence-corrected chi connectivity index (χ3v) is 6.41. The van der Waals surface area contributed by atoms with E-state index in [2.05, 4.69) is 20.1 Å². The van der Waals surface area contributed by atoms with Crippen LogP contribution in [0.15, 0.2) is 47.8 Å². The summed E-state index contributed by atoms with van der Waals surface area (Å²) in [6, 6.07) is 3.07. The summed E-state index contributed by atoms with van der Waals surface area (Å²) in [4.78, 5) is 39.5. The van der Waals surface area contributed by atoms with Gasteiger partial charge in [-0.15, -0.1) is 0 Å². The smallest absolute Gasteiger partial charge is 0.343 e. The highest BCUT2D eigenvalue weighted by atomic mass is 19.4. The van der Waals surface area contributed by atoms with Gasteiger partial charge < -0.3 is 5.32 Å². The van der Waals surface area contributed by atoms with Gasteiger partial charge in [-0.3, -0.25) is 19.0 Å². The summed E-state index contributed by atoms with van der Waals surface area (Å²) >= 11 is 0. The molecule has 10 nitrogen and oxygen atoms in total. The highest BCUT2D eigenvalue weighted by Crippen LogP contribution is 2.28. The lowest BCUT2D eigenvalue weighted by molar-refractivity contribution is -0.158. The maximum Gasteiger partial charge on any atom is 0.408 e. The average molecular weight is 525 g/mol. The van der Waals surface area contributed by atoms with Gasteiger partial charge in [0, 0.05) is 24.2 Å². The zero-order chi connectivity index (χ0) is 27.4. The van der Waals surface area contributed by atoms with E-state index >= 15 is 0 Å². The van der Waals surface area contributed by atoms with E-state index in [0.29, 0.717) is 22.4 Å². The number of pyridine rings is 1. The molecule has 1 atom stereocenters. The summed E-state index contributed by atoms with van der Waals surface area (Å²) in [5, 5.41) is 7.01. The van der Waals surface area contributed by atoms with Gasteiger partial charge in [0.1, 0.15) is 12.6 Å². The van der Waals surface area contributed by atoms with Gasteiger partial charge in [0.25, 0.3) is 0 Å². The number of carbonyl (C=O) groups excluding carboxylic acids is 1. The van der Waals surface area contributed by atoms with Crippen LogP contribution in [-0.2, 0) is 18.4 Å². The number of rotatable bonds is 5. The topological polar surface area (TPSA) is 113 Å². The van der Waals surface area contributed by atoms with Crippen LogP contribution in [0.25, 0.3) is 39.0 Å². The Morgan fingerprint density at radius 3 is 2.58 bits per heavy atom. The predicted octanol–water partition coefficient (Wildman–Crippen LogP) is 3.21. The number of benzene rings is 1. The minimum absolute atomic E-state index is 0.243. The largest absolute Gasteiger partial charge is 0.408 e. The van der Waals surface area contributed by atoms with Gasteiger partial charge in [0.2, 0.25) is 5.91 Å². The minimum atomic E-state index is -4.60. The molecule has 13 heteroatoms. The van der Waals surface area contributed by atoms with E-state index in [0.717, 1.165) is 33.5 Å². The van der Waals surface area contributed by atoms with Gasteiger partial charge in [-0.1, -0.05) is 12.1 Å². The molecule has 5 aromatic rings. The molecule has 0 spiro atoms. The van der Waals surface area contributed by atoms with Crippen LogP contribution >= 0.6 is 0 Å². The lowest BCUT2D eigenvalue weighted by atomic mass is 10.1. The zero-order valence-electron chi connectivity index (χ0n) is 20.9. The average Bonchev–Trinajstić information content (AvgIpc) is 3.37. The molecule has 196 valence electrons. The molecule has 1 aromatic carbocycles. The number of aromatic nitrogens is 7. The van der Waals surface area contributed by atoms with E-state index in [1.807, 2.05) is 12.4 Å². The van der Waals surface area contributed by atoms with Crippen molar-refractivity contribution in [3.05, 3.63) is 64.7 Å². The quantitative estimate of drug-likeness (QED) is 0.378. The van der Waals surface area contributed by atoms with Crippen LogP contribution in [-0.4, -0.2) is 52.0 Å². The number of fused-ring (bicyclic) bond motifs is 2. The van der Waals surface area contributed by atoms with Crippen LogP contribution < -0.4 is 11.0 Å². The molecule has 0 aliphatic rings. The van der Waals surface area contributed by atoms with Gasteiger partial charge >= 0.3 is 11.9 Å². The summed E-state index contributed by atoms with van der Waals surface area (Å²) in [5.74, 6) is -0.695. The summed E-state index contributed by atoms with van der Waals surface area (Å²) < 4.78 is 43.0. The highest BCUT2D eigenvalue weighted by Gasteiger charge is 2.37. The van der Waals surface area contributed by atoms with E-state index in [-0.39, 0.29) is 5.82 Å². The number of para-hydroxylation sites is 1. The van der Waals surface area contributed by atoms with Gasteiger partial charge in [-0.05, 0) is 32.4 Å². The van der Waals surface area contributed by atoms with Gasteiger partial charge in [0.15, 0.2) is 5.82 Å². The summed E-state index contributed by atoms with van der Waals surface area (Å²) in [5.41, 5.74) is 3.48. The molecule has 0 bridgehead atoms. The normalized spacial score (nSPS) is 12.8. The molecule has 0 fully saturated rings. The fourth-order valence-corrected chi connectivity index (χ4v) is 4.42. The molecule has 5 rings (SSSR count). The Morgan fingerprint density at radius 1 is 1.11 bits per heavy atom. The zero-order valence-corrected chi connectivity index (χ0v) is 20.9. The molecule has 0 unspecified atom stereocenters. The van der Waals surface area contributed by atoms with Crippen molar-refractivity contribution in [1.82, 2.24) is 39.2 Å². The van der Waals surface area contributed by atoms with Crippen molar-refractivity contribution in [2.24, 2.45) is 7.05 Å². The molecular formula is C25H23F3N8O2. The predicted molar refractivity (Wildman–Crippen MR) is 134 cm³/mol. The van der Waals surface area contributed by atoms with Crippen molar-refractivity contribution >= 4 is 27.8 Å². The first kappa shape index (κ1) is 25.1. The van der Waals surface area contributed by atoms with E-state index in [1.165, 1.54) is 10.8 Å². The molecule has 1 N–H and O–H groups in total. The molecule has 0 saturated heterocycles. The first-order valence-corrected chi connectivity index (χ1v) is 11.6. The maximum atomic E-state index is 13.6. The Labute approximate surface area is 213 Å². The van der Waals surface area contributed by atoms with Gasteiger partial charge in [0.05, 0.1) is 46.5 Å². The number of aryl methyl sites for hydroxylation is 3. The Balaban J connectivity index is 1.60. The van der Waals surface area contributed by atoms with Crippen molar-refractivity contribution < 1.29 is 18.0 Å². The van der Waals surface area contributed by atoms with Crippen molar-refractivity contribution in [2.75, 3.05) is 0 Å². The Morgan fingerprint density at radius 2 is 1.87 bits per heavy atom. The number of imidazole rings is 1. The van der Waals surface area contributed by atoms with Crippen molar-refractivity contribution in [2.45, 2.75) is 39.5 Å². The number of hydrogen-bond donors (Lipinski definition) is 1. The number of amides is 1. The third-order valence-electron chi connectivity index (χ3n) is 6.41. The van der Waals surface area contributed by atoms with E-state index < -0.39 is 30.4 Å². The summed E-state index contributed by atoms with van der Waals surface area (Å²) in [6.45, 7) is 3.75. The number of nitrogens with zero attached hydrogens (tertiary/aromatic N) is 7. The molecule has 0 radical (unpaired) electrons. The van der Waals surface area contributed by atoms with E-state index in [1.54, 1.807) is 55.3 Å². The Kier molecular flexibility index (Phi) is 6.00. The molecule has 4 aromatic heterocycles. The second-order valence-electron chi connectivity index (χ2n) is 9.03. The SMILES string of the molecule is Cc1nc(-c2cncc3c2cnn3C)cnc1-n1c(=O)n(CC(=O)N[C@@H](C)C(F)(F)F)c2cccc(C)c21. The Bertz CT molecular complexity index is 1770. The van der Waals surface area contributed by atoms with Crippen LogP contribution in [0.1, 0.15) is 18.2 Å². The molecule has 38 heavy (non-hydrogen) atoms. The maximum absolute atomic E-state index is 13.6. The van der Waals surface area contributed by atoms with Crippen molar-refractivity contribution in [3.8, 4) is 17.1 Å². The second kappa shape index (κ2) is 9.08. The summed E-state index contributed by atoms with van der Waals surface area (Å²) in [7, 11) is 1.81. The fraction of sp³-hybridized carbons (Fsp3) is 0.280. The number of hydrogen-bond acceptors (Lipinski definition) is 6. The number of carbonyl (C=O) groups is 1. The van der Waals surface area contributed by atoms with E-state index in [4.69, 9.17) is 0 Å². The highest BCUT2D eigenvalue weighted by molar-refractivity contribution is 5.92. The molecule has 0 aliphatic carbocycles. The lowest BCUT2D eigenvalue weighted by Crippen LogP contribution is -2.45. The Hall–Kier alpha value is -4.55. The monoisotopic (exact) mass is 524 g/mol. The van der Waals surface area contributed by atoms with E-state index in [9.17, 15) is 22.8 Å². The van der Waals surface area contributed by atoms with Crippen molar-refractivity contribution in [1.29, 1.82) is 0 Å². The van der Waals surface area contributed by atoms with Crippen molar-refractivity contribution in [3.63, 3.8) is 0 Å². The first-order chi connectivity index (χ1) is 18.0. The molecule has 0 aliphatic heterocycles. The van der Waals surface area contributed by atoms with Crippen LogP contribution in [0, 0.1) is 13.8 Å². The molecule has 0 saturated carbocycles. The number of halogens is 3. The number of nitrogens with one attached hydrogen (secondary N) is 1. The van der Waals surface area contributed by atoms with Crippen LogP contribution in [0.5, 0.6) is 0 Å². The minimum Gasteiger partial charge on any atom is -0.343 e. The van der Waals surface area contributed by atoms with Gasteiger partial charge in [-0.25, -0.2) is 19.3 Å². The van der Waals surface area contributed by atoms with Crippen LogP contribution in [0.3, 0.4) is 0 Å². The van der Waals surface area contributed by atoms with Gasteiger partial charge in [-0.2, -0.15) is 18.3 Å². The lowest BCUT2D eigenvalue weighted by Gasteiger charge is -2.17. The summed E-state index contributed by atoms with van der Waals surface area (Å²) in [6.07, 6.45) is 2.00. The van der Waals surface area contributed by atoms with Crippen LogP contribution in [0.2, 0.25) is 0 Å². The molecule has 4 heterocycles. The molecular weight excluding hydrogens is 501 g/mol. The number of alkyl halides is 3. The standard InChI is InChI=1S/C25H23F3N8O2/c1-13-6-5-7-19-22(13)36(24(38)35(19)12-21(37)33-15(3)25(26,27)28)23-14(2)32-18(10-30-23)16-8-29-11-20-17(16)9-31-34(20)4/h5-11,15H,12H2,1-4H3,(H,33,37)/t15-/m0/s1. The first-order valence-electron chi connectivity index (χ1n) is 11.6. The van der Waals surface area contributed by atoms with Crippen LogP contribution in [0.4, 0.5) is 13.2 Å². The fourth-order valence-electron chi connectivity index (χ4n) is 4.42.